The fourth-order valence-corrected chi connectivity index (χ4v) is 1.68. The Balaban J connectivity index is 2.59. The van der Waals surface area contributed by atoms with E-state index >= 15 is 0 Å². The van der Waals surface area contributed by atoms with E-state index < -0.39 is 0 Å². The van der Waals surface area contributed by atoms with Gasteiger partial charge in [-0.15, -0.1) is 0 Å². The first-order valence-corrected chi connectivity index (χ1v) is 4.34. The first kappa shape index (κ1) is 8.51. The van der Waals surface area contributed by atoms with Gasteiger partial charge in [0.2, 0.25) is 0 Å². The van der Waals surface area contributed by atoms with Crippen LogP contribution >= 0.6 is 0 Å². The van der Waals surface area contributed by atoms with Crippen molar-refractivity contribution in [2.75, 3.05) is 0 Å². The third-order valence-corrected chi connectivity index (χ3v) is 2.68. The van der Waals surface area contributed by atoms with Crippen LogP contribution in [0.25, 0.3) is 0 Å². The van der Waals surface area contributed by atoms with Gasteiger partial charge in [0.05, 0.1) is 0 Å². The van der Waals surface area contributed by atoms with Gasteiger partial charge in [-0.05, 0) is 12.3 Å². The summed E-state index contributed by atoms with van der Waals surface area (Å²) in [5.74, 6) is 1.23. The van der Waals surface area contributed by atoms with Crippen molar-refractivity contribution in [2.45, 2.75) is 33.1 Å². The molecular formula is C10H16O. The average molecular weight is 152 g/mol. The Kier molecular flexibility index (Phi) is 2.48. The van der Waals surface area contributed by atoms with Gasteiger partial charge < -0.3 is 0 Å². The van der Waals surface area contributed by atoms with E-state index in [0.717, 1.165) is 18.4 Å². The van der Waals surface area contributed by atoms with Crippen LogP contribution in [-0.4, -0.2) is 5.78 Å². The molecule has 0 N–H and O–H groups in total. The predicted octanol–water partition coefficient (Wildman–Crippen LogP) is 2.57. The molecule has 11 heavy (non-hydrogen) atoms. The van der Waals surface area contributed by atoms with Crippen LogP contribution < -0.4 is 0 Å². The molecule has 0 heterocycles. The van der Waals surface area contributed by atoms with Gasteiger partial charge in [0.25, 0.3) is 0 Å². The molecule has 0 radical (unpaired) electrons. The molecule has 62 valence electrons. The van der Waals surface area contributed by atoms with E-state index in [2.05, 4.69) is 20.4 Å². The summed E-state index contributed by atoms with van der Waals surface area (Å²) in [6, 6.07) is 0. The van der Waals surface area contributed by atoms with Gasteiger partial charge in [-0.25, -0.2) is 0 Å². The van der Waals surface area contributed by atoms with E-state index in [1.807, 2.05) is 0 Å². The Morgan fingerprint density at radius 2 is 2.36 bits per heavy atom. The van der Waals surface area contributed by atoms with Crippen LogP contribution in [0, 0.1) is 11.8 Å². The molecule has 0 bridgehead atoms. The lowest BCUT2D eigenvalue weighted by molar-refractivity contribution is -0.121. The maximum Gasteiger partial charge on any atom is 0.140 e. The second kappa shape index (κ2) is 3.21. The molecule has 1 nitrogen and oxygen atoms in total. The van der Waals surface area contributed by atoms with Crippen molar-refractivity contribution < 1.29 is 4.79 Å². The van der Waals surface area contributed by atoms with Crippen molar-refractivity contribution in [1.29, 1.82) is 0 Å². The molecule has 0 aliphatic heterocycles. The first-order chi connectivity index (χ1) is 5.15. The van der Waals surface area contributed by atoms with Crippen molar-refractivity contribution in [3.63, 3.8) is 0 Å². The van der Waals surface area contributed by atoms with Gasteiger partial charge in [-0.2, -0.15) is 0 Å². The molecular weight excluding hydrogens is 136 g/mol. The van der Waals surface area contributed by atoms with E-state index in [9.17, 15) is 4.79 Å². The molecule has 2 atom stereocenters. The second-order valence-corrected chi connectivity index (χ2v) is 3.59. The molecule has 0 spiro atoms. The monoisotopic (exact) mass is 152 g/mol. The van der Waals surface area contributed by atoms with Gasteiger partial charge in [0, 0.05) is 12.3 Å². The molecule has 2 unspecified atom stereocenters. The lowest BCUT2D eigenvalue weighted by Crippen LogP contribution is -2.14. The summed E-state index contributed by atoms with van der Waals surface area (Å²) < 4.78 is 0. The summed E-state index contributed by atoms with van der Waals surface area (Å²) in [5.41, 5.74) is 1.13. The number of carbonyl (C=O) groups excluding carboxylic acids is 1. The standard InChI is InChI=1S/C10H16O/c1-4-8(3)9-5-7(2)6-10(9)11/h8-9H,2,4-6H2,1,3H3. The topological polar surface area (TPSA) is 17.1 Å². The summed E-state index contributed by atoms with van der Waals surface area (Å²) in [6.07, 6.45) is 2.67. The largest absolute Gasteiger partial charge is 0.299 e. The smallest absolute Gasteiger partial charge is 0.140 e. The average Bonchev–Trinajstić information content (AvgIpc) is 2.28. The minimum atomic E-state index is 0.285. The summed E-state index contributed by atoms with van der Waals surface area (Å²) in [7, 11) is 0. The highest BCUT2D eigenvalue weighted by atomic mass is 16.1. The number of hydrogen-bond donors (Lipinski definition) is 0. The Hall–Kier alpha value is -0.590. The normalized spacial score (nSPS) is 27.6. The number of hydrogen-bond acceptors (Lipinski definition) is 1. The van der Waals surface area contributed by atoms with Crippen LogP contribution in [0.1, 0.15) is 33.1 Å². The van der Waals surface area contributed by atoms with Crippen molar-refractivity contribution in [3.8, 4) is 0 Å². The molecule has 0 aromatic rings. The van der Waals surface area contributed by atoms with E-state index in [1.165, 1.54) is 0 Å². The van der Waals surface area contributed by atoms with Crippen LogP contribution in [0.3, 0.4) is 0 Å². The van der Waals surface area contributed by atoms with E-state index in [-0.39, 0.29) is 5.92 Å². The molecule has 0 aromatic heterocycles. The Labute approximate surface area is 68.5 Å². The summed E-state index contributed by atoms with van der Waals surface area (Å²) >= 11 is 0. The van der Waals surface area contributed by atoms with Crippen molar-refractivity contribution >= 4 is 5.78 Å². The number of carbonyl (C=O) groups is 1. The van der Waals surface area contributed by atoms with Crippen LogP contribution in [-0.2, 0) is 4.79 Å². The molecule has 1 saturated carbocycles. The minimum absolute atomic E-state index is 0.285. The molecule has 1 aliphatic carbocycles. The van der Waals surface area contributed by atoms with Crippen molar-refractivity contribution in [1.82, 2.24) is 0 Å². The minimum Gasteiger partial charge on any atom is -0.299 e. The third kappa shape index (κ3) is 1.70. The Bertz CT molecular complexity index is 181. The van der Waals surface area contributed by atoms with Gasteiger partial charge in [0.1, 0.15) is 5.78 Å². The third-order valence-electron chi connectivity index (χ3n) is 2.68. The first-order valence-electron chi connectivity index (χ1n) is 4.34. The van der Waals surface area contributed by atoms with E-state index in [4.69, 9.17) is 0 Å². The van der Waals surface area contributed by atoms with Crippen LogP contribution in [0.5, 0.6) is 0 Å². The summed E-state index contributed by atoms with van der Waals surface area (Å²) in [6.45, 7) is 8.14. The summed E-state index contributed by atoms with van der Waals surface area (Å²) in [5, 5.41) is 0. The zero-order chi connectivity index (χ0) is 8.43. The van der Waals surface area contributed by atoms with Crippen LogP contribution in [0.15, 0.2) is 12.2 Å². The zero-order valence-electron chi connectivity index (χ0n) is 7.39. The molecule has 1 heteroatoms. The fourth-order valence-electron chi connectivity index (χ4n) is 1.68. The predicted molar refractivity (Wildman–Crippen MR) is 46.3 cm³/mol. The second-order valence-electron chi connectivity index (χ2n) is 3.59. The van der Waals surface area contributed by atoms with Crippen molar-refractivity contribution in [2.24, 2.45) is 11.8 Å². The number of allylic oxidation sites excluding steroid dienone is 1. The Morgan fingerprint density at radius 3 is 2.73 bits per heavy atom. The van der Waals surface area contributed by atoms with E-state index in [0.29, 0.717) is 18.1 Å². The highest BCUT2D eigenvalue weighted by molar-refractivity contribution is 5.86. The quantitative estimate of drug-likeness (QED) is 0.556. The molecule has 1 fully saturated rings. The maximum absolute atomic E-state index is 11.3. The Morgan fingerprint density at radius 1 is 1.73 bits per heavy atom. The molecule has 0 saturated heterocycles. The number of ketones is 1. The highest BCUT2D eigenvalue weighted by Crippen LogP contribution is 2.32. The molecule has 1 aliphatic rings. The van der Waals surface area contributed by atoms with Crippen LogP contribution in [0.2, 0.25) is 0 Å². The zero-order valence-corrected chi connectivity index (χ0v) is 7.39. The van der Waals surface area contributed by atoms with Crippen LogP contribution in [0.4, 0.5) is 0 Å². The van der Waals surface area contributed by atoms with E-state index in [1.54, 1.807) is 0 Å². The molecule has 1 rings (SSSR count). The molecule has 0 amide bonds. The highest BCUT2D eigenvalue weighted by Gasteiger charge is 2.30. The van der Waals surface area contributed by atoms with Crippen molar-refractivity contribution in [3.05, 3.63) is 12.2 Å². The number of Topliss-reactive ketones (excluding diaryl/α,β-unsaturated/α-hetero) is 1. The molecule has 0 aromatic carbocycles. The lowest BCUT2D eigenvalue weighted by atomic mass is 9.90. The van der Waals surface area contributed by atoms with Gasteiger partial charge in [-0.3, -0.25) is 4.79 Å². The summed E-state index contributed by atoms with van der Waals surface area (Å²) in [4.78, 5) is 11.3. The van der Waals surface area contributed by atoms with Gasteiger partial charge in [0.15, 0.2) is 0 Å². The number of rotatable bonds is 2. The maximum atomic E-state index is 11.3. The van der Waals surface area contributed by atoms with Gasteiger partial charge >= 0.3 is 0 Å². The van der Waals surface area contributed by atoms with Gasteiger partial charge in [-0.1, -0.05) is 32.4 Å². The fraction of sp³-hybridized carbons (Fsp3) is 0.700. The SMILES string of the molecule is C=C1CC(=O)C(C(C)CC)C1. The lowest BCUT2D eigenvalue weighted by Gasteiger charge is -2.14.